The lowest BCUT2D eigenvalue weighted by molar-refractivity contribution is 0.0963. The maximum Gasteiger partial charge on any atom is 0.252 e. The van der Waals surface area contributed by atoms with Gasteiger partial charge in [-0.3, -0.25) is 13.8 Å². The second-order valence-electron chi connectivity index (χ2n) is 5.87. The number of hydrogen-bond acceptors (Lipinski definition) is 5. The van der Waals surface area contributed by atoms with E-state index in [4.69, 9.17) is 4.74 Å². The standard InChI is InChI=1S/C19H15IN4O2S/c1-21-19(25)13-7-14-15(10-24(27-20)18(14)23-9-13)12-6-11-4-3-5-22-17(11)16(8-12)26-2/h3-10H,1-2H3,(H,21,25). The van der Waals surface area contributed by atoms with Crippen molar-refractivity contribution >= 4 is 58.2 Å². The van der Waals surface area contributed by atoms with Crippen molar-refractivity contribution < 1.29 is 9.53 Å². The van der Waals surface area contributed by atoms with Crippen molar-refractivity contribution in [2.45, 2.75) is 0 Å². The number of hydrogen-bond donors (Lipinski definition) is 1. The minimum Gasteiger partial charge on any atom is -0.494 e. The molecule has 0 aliphatic carbocycles. The fraction of sp³-hybridized carbons (Fsp3) is 0.105. The lowest BCUT2D eigenvalue weighted by atomic mass is 10.0. The minimum atomic E-state index is -0.162. The molecule has 0 aliphatic heterocycles. The van der Waals surface area contributed by atoms with Crippen molar-refractivity contribution in [1.82, 2.24) is 19.3 Å². The average molecular weight is 490 g/mol. The van der Waals surface area contributed by atoms with E-state index in [1.54, 1.807) is 26.6 Å². The van der Waals surface area contributed by atoms with Gasteiger partial charge in [0.1, 0.15) is 11.3 Å². The van der Waals surface area contributed by atoms with Crippen LogP contribution < -0.4 is 10.1 Å². The Kier molecular flexibility index (Phi) is 4.92. The van der Waals surface area contributed by atoms with E-state index in [1.807, 2.05) is 34.4 Å². The quantitative estimate of drug-likeness (QED) is 0.428. The van der Waals surface area contributed by atoms with Gasteiger partial charge in [0, 0.05) is 72.3 Å². The van der Waals surface area contributed by atoms with Crippen LogP contribution in [0.25, 0.3) is 33.1 Å². The molecule has 0 fully saturated rings. The number of rotatable bonds is 4. The number of aromatic nitrogens is 3. The summed E-state index contributed by atoms with van der Waals surface area (Å²) >= 11 is 2.22. The Balaban J connectivity index is 2.00. The first-order valence-corrected chi connectivity index (χ1v) is 11.4. The predicted molar refractivity (Wildman–Crippen MR) is 117 cm³/mol. The molecule has 4 rings (SSSR count). The van der Waals surface area contributed by atoms with Crippen molar-refractivity contribution in [2.75, 3.05) is 14.2 Å². The summed E-state index contributed by atoms with van der Waals surface area (Å²) in [7, 11) is 4.78. The first kappa shape index (κ1) is 18.1. The summed E-state index contributed by atoms with van der Waals surface area (Å²) in [5, 5.41) is 4.55. The Labute approximate surface area is 172 Å². The van der Waals surface area contributed by atoms with Crippen LogP contribution in [0.5, 0.6) is 5.75 Å². The van der Waals surface area contributed by atoms with Crippen LogP contribution in [0.4, 0.5) is 0 Å². The third-order valence-corrected chi connectivity index (χ3v) is 6.08. The minimum absolute atomic E-state index is 0.162. The van der Waals surface area contributed by atoms with E-state index >= 15 is 0 Å². The lowest BCUT2D eigenvalue weighted by Crippen LogP contribution is -2.17. The van der Waals surface area contributed by atoms with Crippen LogP contribution in [0, 0.1) is 0 Å². The smallest absolute Gasteiger partial charge is 0.252 e. The number of pyridine rings is 2. The van der Waals surface area contributed by atoms with E-state index in [1.165, 1.54) is 9.12 Å². The topological polar surface area (TPSA) is 69.0 Å². The van der Waals surface area contributed by atoms with Crippen LogP contribution in [0.2, 0.25) is 0 Å². The monoisotopic (exact) mass is 490 g/mol. The van der Waals surface area contributed by atoms with Crippen LogP contribution in [0.1, 0.15) is 10.4 Å². The SMILES string of the molecule is CNC(=O)c1cnc2c(c1)c(-c1cc(OC)c3ncccc3c1)cn2SI. The molecule has 1 amide bonds. The number of carbonyl (C=O) groups is 1. The normalized spacial score (nSPS) is 11.1. The molecule has 1 N–H and O–H groups in total. The number of methoxy groups -OCH3 is 1. The summed E-state index contributed by atoms with van der Waals surface area (Å²) in [5.41, 5.74) is 4.12. The molecule has 0 bridgehead atoms. The first-order valence-electron chi connectivity index (χ1n) is 8.11. The Morgan fingerprint density at radius 3 is 2.89 bits per heavy atom. The van der Waals surface area contributed by atoms with Crippen LogP contribution in [0.15, 0.2) is 48.9 Å². The van der Waals surface area contributed by atoms with Gasteiger partial charge in [-0.15, -0.1) is 0 Å². The van der Waals surface area contributed by atoms with Crippen molar-refractivity contribution in [3.8, 4) is 16.9 Å². The number of ether oxygens (including phenoxy) is 1. The zero-order valence-corrected chi connectivity index (χ0v) is 17.5. The van der Waals surface area contributed by atoms with Crippen molar-refractivity contribution in [3.63, 3.8) is 0 Å². The molecule has 1 aromatic carbocycles. The number of fused-ring (bicyclic) bond motifs is 2. The molecule has 0 spiro atoms. The van der Waals surface area contributed by atoms with Gasteiger partial charge in [0.2, 0.25) is 0 Å². The maximum absolute atomic E-state index is 12.1. The Bertz CT molecular complexity index is 1180. The van der Waals surface area contributed by atoms with Crippen LogP contribution in [0.3, 0.4) is 0 Å². The van der Waals surface area contributed by atoms with Gasteiger partial charge in [-0.25, -0.2) is 4.98 Å². The highest BCUT2D eigenvalue weighted by Gasteiger charge is 2.16. The number of benzene rings is 1. The highest BCUT2D eigenvalue weighted by molar-refractivity contribution is 14.2. The van der Waals surface area contributed by atoms with Crippen LogP contribution in [-0.4, -0.2) is 34.0 Å². The van der Waals surface area contributed by atoms with E-state index in [0.717, 1.165) is 33.1 Å². The number of halogens is 1. The molecule has 0 radical (unpaired) electrons. The van der Waals surface area contributed by atoms with Gasteiger partial charge in [0.15, 0.2) is 5.65 Å². The number of nitrogens with zero attached hydrogens (tertiary/aromatic N) is 3. The Morgan fingerprint density at radius 2 is 2.15 bits per heavy atom. The second-order valence-corrected chi connectivity index (χ2v) is 7.58. The number of amides is 1. The van der Waals surface area contributed by atoms with Gasteiger partial charge in [0.25, 0.3) is 5.91 Å². The van der Waals surface area contributed by atoms with Gasteiger partial charge in [-0.1, -0.05) is 6.07 Å². The summed E-state index contributed by atoms with van der Waals surface area (Å²) < 4.78 is 7.54. The molecule has 6 nitrogen and oxygen atoms in total. The van der Waals surface area contributed by atoms with Gasteiger partial charge in [0.05, 0.1) is 12.7 Å². The van der Waals surface area contributed by atoms with Crippen LogP contribution in [-0.2, 0) is 0 Å². The molecule has 8 heteroatoms. The predicted octanol–water partition coefficient (Wildman–Crippen LogP) is 4.47. The van der Waals surface area contributed by atoms with Crippen LogP contribution >= 0.6 is 30.3 Å². The maximum atomic E-state index is 12.1. The fourth-order valence-electron chi connectivity index (χ4n) is 3.10. The molecule has 4 aromatic rings. The summed E-state index contributed by atoms with van der Waals surface area (Å²) in [6.45, 7) is 0. The van der Waals surface area contributed by atoms with Crippen molar-refractivity contribution in [1.29, 1.82) is 0 Å². The van der Waals surface area contributed by atoms with E-state index in [2.05, 4.69) is 42.6 Å². The van der Waals surface area contributed by atoms with Crippen molar-refractivity contribution in [2.24, 2.45) is 0 Å². The summed E-state index contributed by atoms with van der Waals surface area (Å²) in [6, 6.07) is 9.84. The summed E-state index contributed by atoms with van der Waals surface area (Å²) in [4.78, 5) is 21.0. The molecule has 27 heavy (non-hydrogen) atoms. The molecule has 3 heterocycles. The average Bonchev–Trinajstić information content (AvgIpc) is 3.10. The van der Waals surface area contributed by atoms with Gasteiger partial charge < -0.3 is 10.1 Å². The highest BCUT2D eigenvalue weighted by atomic mass is 127. The largest absolute Gasteiger partial charge is 0.494 e. The van der Waals surface area contributed by atoms with Gasteiger partial charge in [-0.05, 0) is 29.8 Å². The Morgan fingerprint density at radius 1 is 1.30 bits per heavy atom. The second kappa shape index (κ2) is 7.35. The molecular formula is C19H15IN4O2S. The zero-order chi connectivity index (χ0) is 19.0. The Hall–Kier alpha value is -2.33. The molecule has 136 valence electrons. The molecule has 3 aromatic heterocycles. The van der Waals surface area contributed by atoms with Gasteiger partial charge >= 0.3 is 0 Å². The number of carbonyl (C=O) groups excluding carboxylic acids is 1. The zero-order valence-electron chi connectivity index (χ0n) is 14.6. The molecule has 0 unspecified atom stereocenters. The molecular weight excluding hydrogens is 475 g/mol. The molecule has 0 saturated carbocycles. The third-order valence-electron chi connectivity index (χ3n) is 4.38. The number of nitrogens with one attached hydrogen (secondary N) is 1. The molecule has 0 aliphatic rings. The third kappa shape index (κ3) is 3.12. The summed E-state index contributed by atoms with van der Waals surface area (Å²) in [5.74, 6) is 0.548. The van der Waals surface area contributed by atoms with Gasteiger partial charge in [-0.2, -0.15) is 0 Å². The fourth-order valence-corrected chi connectivity index (χ4v) is 4.36. The molecule has 0 saturated heterocycles. The lowest BCUT2D eigenvalue weighted by Gasteiger charge is -2.08. The highest BCUT2D eigenvalue weighted by Crippen LogP contribution is 2.37. The van der Waals surface area contributed by atoms with E-state index < -0.39 is 0 Å². The summed E-state index contributed by atoms with van der Waals surface area (Å²) in [6.07, 6.45) is 5.38. The first-order chi connectivity index (χ1) is 13.2. The molecule has 0 atom stereocenters. The van der Waals surface area contributed by atoms with Crippen molar-refractivity contribution in [3.05, 3.63) is 54.5 Å². The van der Waals surface area contributed by atoms with E-state index in [0.29, 0.717) is 11.3 Å². The van der Waals surface area contributed by atoms with E-state index in [-0.39, 0.29) is 5.91 Å². The van der Waals surface area contributed by atoms with E-state index in [9.17, 15) is 4.79 Å².